The fraction of sp³-hybridized carbons (Fsp3) is 0.600. The average Bonchev–Trinajstić information content (AvgIpc) is 2.43. The minimum absolute atomic E-state index is 0.0387. The van der Waals surface area contributed by atoms with Gasteiger partial charge >= 0.3 is 0 Å². The number of aliphatic hydroxyl groups excluding tert-OH is 1. The van der Waals surface area contributed by atoms with Crippen LogP contribution in [0.2, 0.25) is 0 Å². The largest absolute Gasteiger partial charge is 0.394 e. The predicted octanol–water partition coefficient (Wildman–Crippen LogP) is 2.30. The van der Waals surface area contributed by atoms with Crippen molar-refractivity contribution in [3.8, 4) is 0 Å². The molecule has 0 saturated carbocycles. The number of rotatable bonds is 9. The van der Waals surface area contributed by atoms with Gasteiger partial charge in [-0.25, -0.2) is 0 Å². The van der Waals surface area contributed by atoms with Crippen molar-refractivity contribution in [2.24, 2.45) is 0 Å². The third kappa shape index (κ3) is 4.09. The molecule has 0 amide bonds. The maximum atomic E-state index is 9.78. The van der Waals surface area contributed by atoms with Crippen molar-refractivity contribution in [3.63, 3.8) is 0 Å². The molecule has 0 spiro atoms. The Balaban J connectivity index is 2.74. The Morgan fingerprint density at radius 2 is 1.94 bits per heavy atom. The van der Waals surface area contributed by atoms with Gasteiger partial charge in [-0.15, -0.1) is 0 Å². The first-order chi connectivity index (χ1) is 8.79. The third-order valence-electron chi connectivity index (χ3n) is 3.10. The zero-order valence-corrected chi connectivity index (χ0v) is 11.5. The normalized spacial score (nSPS) is 14.4. The van der Waals surface area contributed by atoms with E-state index in [0.29, 0.717) is 6.61 Å². The van der Waals surface area contributed by atoms with Crippen LogP contribution in [0.4, 0.5) is 0 Å². The molecule has 2 N–H and O–H groups in total. The minimum Gasteiger partial charge on any atom is -0.394 e. The number of hydrogen-bond donors (Lipinski definition) is 2. The molecular weight excluding hydrogens is 226 g/mol. The SMILES string of the molecule is CCCCOCC(CO)(NCC)c1ccccc1. The van der Waals surface area contributed by atoms with Gasteiger partial charge in [0.15, 0.2) is 0 Å². The highest BCUT2D eigenvalue weighted by molar-refractivity contribution is 5.25. The summed E-state index contributed by atoms with van der Waals surface area (Å²) in [5, 5.41) is 13.1. The molecule has 3 nitrogen and oxygen atoms in total. The standard InChI is InChI=1S/C15H25NO2/c1-3-5-11-18-13-15(12-17,16-4-2)14-9-7-6-8-10-14/h6-10,16-17H,3-5,11-13H2,1-2H3. The summed E-state index contributed by atoms with van der Waals surface area (Å²) in [7, 11) is 0. The molecule has 0 aromatic heterocycles. The maximum absolute atomic E-state index is 9.78. The quantitative estimate of drug-likeness (QED) is 0.662. The fourth-order valence-corrected chi connectivity index (χ4v) is 2.02. The van der Waals surface area contributed by atoms with Crippen LogP contribution in [0, 0.1) is 0 Å². The van der Waals surface area contributed by atoms with Gasteiger partial charge in [0.2, 0.25) is 0 Å². The van der Waals surface area contributed by atoms with Crippen molar-refractivity contribution in [2.45, 2.75) is 32.2 Å². The summed E-state index contributed by atoms with van der Waals surface area (Å²) < 4.78 is 5.71. The van der Waals surface area contributed by atoms with Crippen molar-refractivity contribution >= 4 is 0 Å². The van der Waals surface area contributed by atoms with Crippen LogP contribution in [0.5, 0.6) is 0 Å². The molecule has 1 unspecified atom stereocenters. The smallest absolute Gasteiger partial charge is 0.0905 e. The molecule has 1 aromatic carbocycles. The molecule has 0 aliphatic carbocycles. The molecular formula is C15H25NO2. The van der Waals surface area contributed by atoms with E-state index in [9.17, 15) is 5.11 Å². The second kappa shape index (κ2) is 8.25. The van der Waals surface area contributed by atoms with E-state index in [1.54, 1.807) is 0 Å². The van der Waals surface area contributed by atoms with Gasteiger partial charge in [-0.1, -0.05) is 50.6 Å². The van der Waals surface area contributed by atoms with Gasteiger partial charge in [0.25, 0.3) is 0 Å². The van der Waals surface area contributed by atoms with Gasteiger partial charge in [0.05, 0.1) is 18.8 Å². The molecule has 0 bridgehead atoms. The molecule has 18 heavy (non-hydrogen) atoms. The van der Waals surface area contributed by atoms with Crippen LogP contribution in [0.1, 0.15) is 32.3 Å². The van der Waals surface area contributed by atoms with Crippen LogP contribution in [-0.4, -0.2) is 31.5 Å². The van der Waals surface area contributed by atoms with E-state index < -0.39 is 5.54 Å². The highest BCUT2D eigenvalue weighted by atomic mass is 16.5. The number of ether oxygens (including phenoxy) is 1. The van der Waals surface area contributed by atoms with Gasteiger partial charge in [-0.05, 0) is 18.5 Å². The molecule has 0 saturated heterocycles. The predicted molar refractivity (Wildman–Crippen MR) is 74.6 cm³/mol. The van der Waals surface area contributed by atoms with Crippen molar-refractivity contribution in [2.75, 3.05) is 26.4 Å². The first kappa shape index (κ1) is 15.2. The summed E-state index contributed by atoms with van der Waals surface area (Å²) in [6.45, 7) is 6.27. The minimum atomic E-state index is -0.482. The van der Waals surface area contributed by atoms with Crippen molar-refractivity contribution < 1.29 is 9.84 Å². The molecule has 0 heterocycles. The van der Waals surface area contributed by atoms with E-state index in [1.807, 2.05) is 37.3 Å². The number of hydrogen-bond acceptors (Lipinski definition) is 3. The van der Waals surface area contributed by atoms with Crippen LogP contribution in [0.3, 0.4) is 0 Å². The lowest BCUT2D eigenvalue weighted by Gasteiger charge is -2.33. The molecule has 0 aliphatic heterocycles. The maximum Gasteiger partial charge on any atom is 0.0905 e. The summed E-state index contributed by atoms with van der Waals surface area (Å²) in [5.74, 6) is 0. The zero-order valence-electron chi connectivity index (χ0n) is 11.5. The summed E-state index contributed by atoms with van der Waals surface area (Å²) in [4.78, 5) is 0. The lowest BCUT2D eigenvalue weighted by Crippen LogP contribution is -2.49. The lowest BCUT2D eigenvalue weighted by molar-refractivity contribution is 0.0331. The number of unbranched alkanes of at least 4 members (excludes halogenated alkanes) is 1. The first-order valence-corrected chi connectivity index (χ1v) is 6.78. The van der Waals surface area contributed by atoms with Crippen LogP contribution in [0.15, 0.2) is 30.3 Å². The highest BCUT2D eigenvalue weighted by Crippen LogP contribution is 2.21. The molecule has 1 atom stereocenters. The van der Waals surface area contributed by atoms with E-state index in [2.05, 4.69) is 12.2 Å². The second-order valence-electron chi connectivity index (χ2n) is 4.54. The monoisotopic (exact) mass is 251 g/mol. The molecule has 0 radical (unpaired) electrons. The van der Waals surface area contributed by atoms with E-state index >= 15 is 0 Å². The zero-order chi connectivity index (χ0) is 13.3. The second-order valence-corrected chi connectivity index (χ2v) is 4.54. The third-order valence-corrected chi connectivity index (χ3v) is 3.10. The van der Waals surface area contributed by atoms with Crippen molar-refractivity contribution in [3.05, 3.63) is 35.9 Å². The molecule has 3 heteroatoms. The Morgan fingerprint density at radius 1 is 1.22 bits per heavy atom. The number of aliphatic hydroxyl groups is 1. The Morgan fingerprint density at radius 3 is 2.50 bits per heavy atom. The van der Waals surface area contributed by atoms with Gasteiger partial charge in [-0.2, -0.15) is 0 Å². The van der Waals surface area contributed by atoms with E-state index in [4.69, 9.17) is 4.74 Å². The average molecular weight is 251 g/mol. The number of nitrogens with one attached hydrogen (secondary N) is 1. The van der Waals surface area contributed by atoms with Crippen molar-refractivity contribution in [1.82, 2.24) is 5.32 Å². The summed E-state index contributed by atoms with van der Waals surface area (Å²) in [5.41, 5.74) is 0.592. The Hall–Kier alpha value is -0.900. The van der Waals surface area contributed by atoms with Gasteiger partial charge in [0.1, 0.15) is 0 Å². The van der Waals surface area contributed by atoms with Gasteiger partial charge in [-0.3, -0.25) is 0 Å². The van der Waals surface area contributed by atoms with E-state index in [1.165, 1.54) is 0 Å². The van der Waals surface area contributed by atoms with Crippen LogP contribution >= 0.6 is 0 Å². The van der Waals surface area contributed by atoms with Gasteiger partial charge in [0, 0.05) is 6.61 Å². The highest BCUT2D eigenvalue weighted by Gasteiger charge is 2.30. The van der Waals surface area contributed by atoms with Crippen molar-refractivity contribution in [1.29, 1.82) is 0 Å². The molecule has 0 aliphatic rings. The molecule has 1 rings (SSSR count). The fourth-order valence-electron chi connectivity index (χ4n) is 2.02. The lowest BCUT2D eigenvalue weighted by atomic mass is 9.91. The number of benzene rings is 1. The Bertz CT molecular complexity index is 316. The Labute approximate surface area is 110 Å². The van der Waals surface area contributed by atoms with Crippen LogP contribution in [0.25, 0.3) is 0 Å². The summed E-state index contributed by atoms with van der Waals surface area (Å²) >= 11 is 0. The number of likely N-dealkylation sites (N-methyl/N-ethyl adjacent to an activating group) is 1. The Kier molecular flexibility index (Phi) is 6.94. The molecule has 0 fully saturated rings. The summed E-state index contributed by atoms with van der Waals surface area (Å²) in [6.07, 6.45) is 2.18. The molecule has 1 aromatic rings. The summed E-state index contributed by atoms with van der Waals surface area (Å²) in [6, 6.07) is 10.0. The first-order valence-electron chi connectivity index (χ1n) is 6.78. The van der Waals surface area contributed by atoms with E-state index in [0.717, 1.165) is 31.6 Å². The molecule has 102 valence electrons. The topological polar surface area (TPSA) is 41.5 Å². The van der Waals surface area contributed by atoms with E-state index in [-0.39, 0.29) is 6.61 Å². The van der Waals surface area contributed by atoms with Crippen LogP contribution < -0.4 is 5.32 Å². The van der Waals surface area contributed by atoms with Gasteiger partial charge < -0.3 is 15.2 Å². The van der Waals surface area contributed by atoms with Crippen LogP contribution in [-0.2, 0) is 10.3 Å².